The Bertz CT molecular complexity index is 415. The molecule has 0 aliphatic heterocycles. The van der Waals surface area contributed by atoms with Gasteiger partial charge in [-0.25, -0.2) is 4.79 Å². The molecule has 0 radical (unpaired) electrons. The molecule has 5 heteroatoms. The Hall–Kier alpha value is -0.740. The molecule has 0 bridgehead atoms. The molecule has 0 aromatic heterocycles. The van der Waals surface area contributed by atoms with E-state index in [1.165, 1.54) is 0 Å². The van der Waals surface area contributed by atoms with Gasteiger partial charge in [0.2, 0.25) is 0 Å². The summed E-state index contributed by atoms with van der Waals surface area (Å²) in [7, 11) is 0. The maximum Gasteiger partial charge on any atom is 0.407 e. The molecule has 0 saturated carbocycles. The van der Waals surface area contributed by atoms with Gasteiger partial charge in [0.25, 0.3) is 0 Å². The first-order valence-corrected chi connectivity index (χ1v) is 6.36. The monoisotopic (exact) mass is 319 g/mol. The van der Waals surface area contributed by atoms with Crippen molar-refractivity contribution < 1.29 is 9.53 Å². The van der Waals surface area contributed by atoms with Crippen molar-refractivity contribution in [2.45, 2.75) is 32.9 Å². The lowest BCUT2D eigenvalue weighted by Gasteiger charge is -2.19. The lowest BCUT2D eigenvalue weighted by Crippen LogP contribution is -2.32. The van der Waals surface area contributed by atoms with Gasteiger partial charge < -0.3 is 10.1 Å². The van der Waals surface area contributed by atoms with E-state index >= 15 is 0 Å². The van der Waals surface area contributed by atoms with Gasteiger partial charge in [0.1, 0.15) is 5.60 Å². The number of halogens is 2. The molecule has 94 valence electrons. The normalized spacial score (nSPS) is 11.1. The minimum atomic E-state index is -0.485. The molecule has 1 aromatic rings. The van der Waals surface area contributed by atoms with Crippen LogP contribution in [0.3, 0.4) is 0 Å². The van der Waals surface area contributed by atoms with Gasteiger partial charge in [0.15, 0.2) is 0 Å². The van der Waals surface area contributed by atoms with E-state index in [9.17, 15) is 4.79 Å². The van der Waals surface area contributed by atoms with E-state index in [1.807, 2.05) is 32.9 Å². The van der Waals surface area contributed by atoms with Crippen LogP contribution in [-0.2, 0) is 11.3 Å². The highest BCUT2D eigenvalue weighted by molar-refractivity contribution is 9.10. The van der Waals surface area contributed by atoms with Gasteiger partial charge in [0.05, 0.1) is 5.02 Å². The first-order chi connectivity index (χ1) is 7.78. The van der Waals surface area contributed by atoms with Crippen LogP contribution in [0.15, 0.2) is 22.7 Å². The van der Waals surface area contributed by atoms with Gasteiger partial charge in [-0.2, -0.15) is 0 Å². The summed E-state index contributed by atoms with van der Waals surface area (Å²) in [4.78, 5) is 11.4. The molecule has 1 aromatic carbocycles. The van der Waals surface area contributed by atoms with Crippen LogP contribution < -0.4 is 5.32 Å². The van der Waals surface area contributed by atoms with Crippen molar-refractivity contribution in [1.29, 1.82) is 0 Å². The molecule has 0 atom stereocenters. The number of benzene rings is 1. The van der Waals surface area contributed by atoms with E-state index in [4.69, 9.17) is 16.3 Å². The van der Waals surface area contributed by atoms with Gasteiger partial charge >= 0.3 is 6.09 Å². The number of ether oxygens (including phenoxy) is 1. The van der Waals surface area contributed by atoms with Crippen LogP contribution in [0.1, 0.15) is 26.3 Å². The molecule has 17 heavy (non-hydrogen) atoms. The van der Waals surface area contributed by atoms with Crippen molar-refractivity contribution in [2.75, 3.05) is 0 Å². The molecule has 0 fully saturated rings. The average Bonchev–Trinajstić information content (AvgIpc) is 2.17. The Morgan fingerprint density at radius 3 is 2.65 bits per heavy atom. The highest BCUT2D eigenvalue weighted by Gasteiger charge is 2.15. The second kappa shape index (κ2) is 5.74. The molecule has 0 saturated heterocycles. The largest absolute Gasteiger partial charge is 0.444 e. The molecule has 0 spiro atoms. The first kappa shape index (κ1) is 14.3. The highest BCUT2D eigenvalue weighted by atomic mass is 79.9. The van der Waals surface area contributed by atoms with Crippen LogP contribution in [0.4, 0.5) is 4.79 Å². The number of nitrogens with one attached hydrogen (secondary N) is 1. The number of rotatable bonds is 2. The van der Waals surface area contributed by atoms with E-state index in [0.717, 1.165) is 10.0 Å². The molecular formula is C12H15BrClNO2. The Balaban J connectivity index is 2.50. The summed E-state index contributed by atoms with van der Waals surface area (Å²) < 4.78 is 5.95. The van der Waals surface area contributed by atoms with Crippen molar-refractivity contribution in [2.24, 2.45) is 0 Å². The van der Waals surface area contributed by atoms with Crippen LogP contribution in [0, 0.1) is 0 Å². The van der Waals surface area contributed by atoms with E-state index in [2.05, 4.69) is 21.2 Å². The molecule has 3 nitrogen and oxygen atoms in total. The van der Waals surface area contributed by atoms with Gasteiger partial charge in [-0.05, 0) is 54.4 Å². The number of hydrogen-bond donors (Lipinski definition) is 1. The summed E-state index contributed by atoms with van der Waals surface area (Å²) in [6.07, 6.45) is -0.434. The maximum absolute atomic E-state index is 11.4. The summed E-state index contributed by atoms with van der Waals surface area (Å²) in [6, 6.07) is 5.52. The van der Waals surface area contributed by atoms with Crippen LogP contribution in [0.5, 0.6) is 0 Å². The van der Waals surface area contributed by atoms with Crippen molar-refractivity contribution in [3.05, 3.63) is 33.3 Å². The molecule has 1 amide bonds. The molecule has 0 aliphatic carbocycles. The quantitative estimate of drug-likeness (QED) is 0.890. The number of alkyl carbamates (subject to hydrolysis) is 1. The fourth-order valence-electron chi connectivity index (χ4n) is 1.14. The summed E-state index contributed by atoms with van der Waals surface area (Å²) in [5.74, 6) is 0. The van der Waals surface area contributed by atoms with Crippen LogP contribution in [-0.4, -0.2) is 11.7 Å². The molecular weight excluding hydrogens is 305 g/mol. The van der Waals surface area contributed by atoms with Crippen LogP contribution in [0.2, 0.25) is 5.02 Å². The highest BCUT2D eigenvalue weighted by Crippen LogP contribution is 2.23. The minimum Gasteiger partial charge on any atom is -0.444 e. The number of hydrogen-bond acceptors (Lipinski definition) is 2. The predicted molar refractivity (Wildman–Crippen MR) is 72.2 cm³/mol. The second-order valence-electron chi connectivity index (χ2n) is 4.60. The van der Waals surface area contributed by atoms with Gasteiger partial charge in [-0.15, -0.1) is 0 Å². The molecule has 0 heterocycles. The zero-order valence-electron chi connectivity index (χ0n) is 10.0. The van der Waals surface area contributed by atoms with Crippen molar-refractivity contribution in [1.82, 2.24) is 5.32 Å². The van der Waals surface area contributed by atoms with Crippen molar-refractivity contribution in [3.63, 3.8) is 0 Å². The van der Waals surface area contributed by atoms with E-state index < -0.39 is 11.7 Å². The zero-order chi connectivity index (χ0) is 13.1. The lowest BCUT2D eigenvalue weighted by atomic mass is 10.2. The fourth-order valence-corrected chi connectivity index (χ4v) is 1.59. The van der Waals surface area contributed by atoms with Crippen LogP contribution in [0.25, 0.3) is 0 Å². The summed E-state index contributed by atoms with van der Waals surface area (Å²) in [5, 5.41) is 3.29. The van der Waals surface area contributed by atoms with Crippen LogP contribution >= 0.6 is 27.5 Å². The topological polar surface area (TPSA) is 38.3 Å². The van der Waals surface area contributed by atoms with Gasteiger partial charge in [0, 0.05) is 11.0 Å². The fraction of sp³-hybridized carbons (Fsp3) is 0.417. The smallest absolute Gasteiger partial charge is 0.407 e. The van der Waals surface area contributed by atoms with Crippen molar-refractivity contribution >= 4 is 33.6 Å². The van der Waals surface area contributed by atoms with Gasteiger partial charge in [-0.3, -0.25) is 0 Å². The lowest BCUT2D eigenvalue weighted by molar-refractivity contribution is 0.0523. The predicted octanol–water partition coefficient (Wildman–Crippen LogP) is 4.13. The third-order valence-electron chi connectivity index (χ3n) is 1.82. The number of carbonyl (C=O) groups is 1. The molecule has 0 aliphatic rings. The Morgan fingerprint density at radius 1 is 1.47 bits per heavy atom. The van der Waals surface area contributed by atoms with Gasteiger partial charge in [-0.1, -0.05) is 17.7 Å². The first-order valence-electron chi connectivity index (χ1n) is 5.19. The third-order valence-corrected chi connectivity index (χ3v) is 3.05. The van der Waals surface area contributed by atoms with E-state index in [1.54, 1.807) is 6.07 Å². The average molecular weight is 321 g/mol. The Labute approximate surface area is 115 Å². The Morgan fingerprint density at radius 2 is 2.12 bits per heavy atom. The molecule has 1 rings (SSSR count). The maximum atomic E-state index is 11.4. The number of amides is 1. The van der Waals surface area contributed by atoms with E-state index in [-0.39, 0.29) is 0 Å². The minimum absolute atomic E-state index is 0.391. The Kier molecular flexibility index (Phi) is 4.83. The number of carbonyl (C=O) groups excluding carboxylic acids is 1. The summed E-state index contributed by atoms with van der Waals surface area (Å²) in [5.41, 5.74) is 0.436. The molecule has 1 N–H and O–H groups in total. The van der Waals surface area contributed by atoms with E-state index in [0.29, 0.717) is 11.6 Å². The second-order valence-corrected chi connectivity index (χ2v) is 5.87. The third kappa shape index (κ3) is 5.41. The molecule has 0 unspecified atom stereocenters. The SMILES string of the molecule is CC(C)(C)OC(=O)NCc1ccc(Br)c(Cl)c1. The zero-order valence-corrected chi connectivity index (χ0v) is 12.4. The standard InChI is InChI=1S/C12H15BrClNO2/c1-12(2,3)17-11(16)15-7-8-4-5-9(13)10(14)6-8/h4-6H,7H2,1-3H3,(H,15,16). The summed E-state index contributed by atoms with van der Waals surface area (Å²) >= 11 is 9.25. The van der Waals surface area contributed by atoms with Crippen molar-refractivity contribution in [3.8, 4) is 0 Å². The summed E-state index contributed by atoms with van der Waals surface area (Å²) in [6.45, 7) is 5.86.